The average molecular weight is 445 g/mol. The number of carbonyl (C=O) groups is 4. The normalized spacial score (nSPS) is 17.9. The molecule has 10 heteroatoms. The fraction of sp³-hybridized carbons (Fsp3) is 0.238. The number of nitrogens with one attached hydrogen (secondary N) is 3. The van der Waals surface area contributed by atoms with Gasteiger partial charge in [0, 0.05) is 30.8 Å². The van der Waals surface area contributed by atoms with Crippen molar-refractivity contribution in [2.45, 2.75) is 32.0 Å². The minimum absolute atomic E-state index is 0.0957. The number of urea groups is 1. The van der Waals surface area contributed by atoms with Crippen LogP contribution >= 0.6 is 11.6 Å². The number of rotatable bonds is 4. The van der Waals surface area contributed by atoms with E-state index in [9.17, 15) is 23.6 Å². The molecule has 0 spiro atoms. The summed E-state index contributed by atoms with van der Waals surface area (Å²) in [5, 5.41) is 7.42. The monoisotopic (exact) mass is 444 g/mol. The predicted octanol–water partition coefficient (Wildman–Crippen LogP) is 2.56. The van der Waals surface area contributed by atoms with Crippen molar-refractivity contribution in [1.82, 2.24) is 15.5 Å². The van der Waals surface area contributed by atoms with E-state index in [4.69, 9.17) is 11.6 Å². The average Bonchev–Trinajstić information content (AvgIpc) is 3.05. The van der Waals surface area contributed by atoms with E-state index in [1.807, 2.05) is 0 Å². The van der Waals surface area contributed by atoms with Crippen LogP contribution in [-0.4, -0.2) is 34.7 Å². The highest BCUT2D eigenvalue weighted by Crippen LogP contribution is 2.28. The Morgan fingerprint density at radius 2 is 2.00 bits per heavy atom. The van der Waals surface area contributed by atoms with Crippen LogP contribution in [0.1, 0.15) is 34.3 Å². The Morgan fingerprint density at radius 3 is 2.74 bits per heavy atom. The van der Waals surface area contributed by atoms with E-state index in [-0.39, 0.29) is 36.3 Å². The van der Waals surface area contributed by atoms with E-state index >= 15 is 0 Å². The first kappa shape index (κ1) is 20.8. The number of imide groups is 1. The van der Waals surface area contributed by atoms with Gasteiger partial charge in [0.2, 0.25) is 11.8 Å². The third-order valence-electron chi connectivity index (χ3n) is 5.22. The van der Waals surface area contributed by atoms with Crippen molar-refractivity contribution in [3.63, 3.8) is 0 Å². The van der Waals surface area contributed by atoms with E-state index < -0.39 is 23.8 Å². The van der Waals surface area contributed by atoms with Gasteiger partial charge in [-0.25, -0.2) is 9.18 Å². The Morgan fingerprint density at radius 1 is 1.19 bits per heavy atom. The number of carbonyl (C=O) groups excluding carboxylic acids is 4. The van der Waals surface area contributed by atoms with Crippen molar-refractivity contribution in [2.24, 2.45) is 0 Å². The van der Waals surface area contributed by atoms with Crippen LogP contribution in [-0.2, 0) is 22.7 Å². The van der Waals surface area contributed by atoms with Crippen LogP contribution in [0.5, 0.6) is 0 Å². The lowest BCUT2D eigenvalue weighted by atomic mass is 10.0. The van der Waals surface area contributed by atoms with Crippen molar-refractivity contribution in [3.05, 3.63) is 63.9 Å². The lowest BCUT2D eigenvalue weighted by Gasteiger charge is -2.29. The number of halogens is 2. The van der Waals surface area contributed by atoms with Crippen molar-refractivity contribution in [3.8, 4) is 0 Å². The minimum Gasteiger partial charge on any atom is -0.334 e. The molecule has 0 bridgehead atoms. The highest BCUT2D eigenvalue weighted by Gasteiger charge is 2.39. The maximum Gasteiger partial charge on any atom is 0.319 e. The molecular formula is C21H18ClFN4O4. The molecule has 5 amide bonds. The number of hydrogen-bond acceptors (Lipinski definition) is 4. The molecule has 2 aliphatic rings. The number of nitrogens with zero attached hydrogens (tertiary/aromatic N) is 1. The molecule has 3 N–H and O–H groups in total. The lowest BCUT2D eigenvalue weighted by Crippen LogP contribution is -2.52. The number of piperidine rings is 1. The van der Waals surface area contributed by atoms with Crippen LogP contribution in [0.15, 0.2) is 36.4 Å². The van der Waals surface area contributed by atoms with Crippen LogP contribution in [0.25, 0.3) is 0 Å². The van der Waals surface area contributed by atoms with Gasteiger partial charge in [-0.15, -0.1) is 0 Å². The predicted molar refractivity (Wildman–Crippen MR) is 110 cm³/mol. The first-order valence-corrected chi connectivity index (χ1v) is 9.96. The van der Waals surface area contributed by atoms with Gasteiger partial charge >= 0.3 is 6.03 Å². The van der Waals surface area contributed by atoms with Gasteiger partial charge in [-0.1, -0.05) is 23.7 Å². The largest absolute Gasteiger partial charge is 0.334 e. The molecule has 160 valence electrons. The Labute approximate surface area is 181 Å². The van der Waals surface area contributed by atoms with E-state index in [0.29, 0.717) is 17.7 Å². The van der Waals surface area contributed by atoms with Gasteiger partial charge in [0.1, 0.15) is 11.9 Å². The van der Waals surface area contributed by atoms with Crippen molar-refractivity contribution >= 4 is 41.0 Å². The van der Waals surface area contributed by atoms with Crippen molar-refractivity contribution < 1.29 is 23.6 Å². The maximum absolute atomic E-state index is 13.2. The highest BCUT2D eigenvalue weighted by atomic mass is 35.5. The third-order valence-corrected chi connectivity index (χ3v) is 5.51. The van der Waals surface area contributed by atoms with Crippen LogP contribution in [0.3, 0.4) is 0 Å². The summed E-state index contributed by atoms with van der Waals surface area (Å²) in [7, 11) is 0. The fourth-order valence-electron chi connectivity index (χ4n) is 3.67. The third kappa shape index (κ3) is 4.36. The molecular weight excluding hydrogens is 427 g/mol. The Kier molecular flexibility index (Phi) is 5.60. The zero-order chi connectivity index (χ0) is 22.1. The van der Waals surface area contributed by atoms with Gasteiger partial charge in [0.15, 0.2) is 0 Å². The maximum atomic E-state index is 13.2. The molecule has 4 rings (SSSR count). The first-order valence-electron chi connectivity index (χ1n) is 9.58. The number of amides is 5. The molecule has 1 atom stereocenters. The summed E-state index contributed by atoms with van der Waals surface area (Å²) in [6.07, 6.45) is 0.493. The number of anilines is 1. The molecule has 2 heterocycles. The molecule has 0 aromatic heterocycles. The topological polar surface area (TPSA) is 108 Å². The molecule has 0 saturated carbocycles. The van der Waals surface area contributed by atoms with Gasteiger partial charge in [-0.3, -0.25) is 19.7 Å². The number of hydrogen-bond donors (Lipinski definition) is 3. The SMILES string of the molecule is O=C1CCC(N2Cc3cc(CNC(=O)Nc4ccc(F)c(Cl)c4)ccc3C2=O)C(=O)N1. The summed E-state index contributed by atoms with van der Waals surface area (Å²) < 4.78 is 13.2. The molecule has 1 fully saturated rings. The number of benzene rings is 2. The van der Waals surface area contributed by atoms with Gasteiger partial charge in [-0.05, 0) is 41.8 Å². The molecule has 1 saturated heterocycles. The summed E-state index contributed by atoms with van der Waals surface area (Å²) >= 11 is 5.70. The summed E-state index contributed by atoms with van der Waals surface area (Å²) in [5.41, 5.74) is 2.37. The molecule has 2 aliphatic heterocycles. The molecule has 8 nitrogen and oxygen atoms in total. The second kappa shape index (κ2) is 8.35. The standard InChI is InChI=1S/C21H18ClFN4O4/c22-15-8-13(2-4-16(15)23)25-21(31)24-9-11-1-3-14-12(7-11)10-27(20(14)30)17-5-6-18(28)26-19(17)29/h1-4,7-8,17H,5-6,9-10H2,(H2,24,25,31)(H,26,28,29). The summed E-state index contributed by atoms with van der Waals surface area (Å²) in [6, 6.07) is 7.87. The second-order valence-electron chi connectivity index (χ2n) is 7.33. The summed E-state index contributed by atoms with van der Waals surface area (Å²) in [6.45, 7) is 0.454. The molecule has 0 radical (unpaired) electrons. The molecule has 1 unspecified atom stereocenters. The Hall–Kier alpha value is -3.46. The zero-order valence-electron chi connectivity index (χ0n) is 16.2. The smallest absolute Gasteiger partial charge is 0.319 e. The first-order chi connectivity index (χ1) is 14.8. The Bertz CT molecular complexity index is 1110. The van der Waals surface area contributed by atoms with Crippen molar-refractivity contribution in [1.29, 1.82) is 0 Å². The van der Waals surface area contributed by atoms with Crippen LogP contribution < -0.4 is 16.0 Å². The fourth-order valence-corrected chi connectivity index (χ4v) is 3.85. The summed E-state index contributed by atoms with van der Waals surface area (Å²) in [4.78, 5) is 49.7. The van der Waals surface area contributed by atoms with Crippen molar-refractivity contribution in [2.75, 3.05) is 5.32 Å². The number of fused-ring (bicyclic) bond motifs is 1. The van der Waals surface area contributed by atoms with Gasteiger partial charge in [0.25, 0.3) is 5.91 Å². The molecule has 31 heavy (non-hydrogen) atoms. The molecule has 0 aliphatic carbocycles. The lowest BCUT2D eigenvalue weighted by molar-refractivity contribution is -0.136. The van der Waals surface area contributed by atoms with E-state index in [1.54, 1.807) is 18.2 Å². The van der Waals surface area contributed by atoms with Crippen LogP contribution in [0.4, 0.5) is 14.9 Å². The quantitative estimate of drug-likeness (QED) is 0.630. The van der Waals surface area contributed by atoms with Crippen LogP contribution in [0.2, 0.25) is 5.02 Å². The van der Waals surface area contributed by atoms with Crippen LogP contribution in [0, 0.1) is 5.82 Å². The minimum atomic E-state index is -0.674. The van der Waals surface area contributed by atoms with Gasteiger partial charge in [0.05, 0.1) is 5.02 Å². The molecule has 2 aromatic carbocycles. The summed E-state index contributed by atoms with van der Waals surface area (Å²) in [5.74, 6) is -1.63. The highest BCUT2D eigenvalue weighted by molar-refractivity contribution is 6.31. The Balaban J connectivity index is 1.38. The van der Waals surface area contributed by atoms with E-state index in [2.05, 4.69) is 16.0 Å². The molecule has 2 aromatic rings. The van der Waals surface area contributed by atoms with Gasteiger partial charge < -0.3 is 15.5 Å². The van der Waals surface area contributed by atoms with E-state index in [0.717, 1.165) is 17.2 Å². The van der Waals surface area contributed by atoms with Gasteiger partial charge in [-0.2, -0.15) is 0 Å². The van der Waals surface area contributed by atoms with E-state index in [1.165, 1.54) is 17.0 Å². The second-order valence-corrected chi connectivity index (χ2v) is 7.74. The zero-order valence-corrected chi connectivity index (χ0v) is 17.0.